The Morgan fingerprint density at radius 2 is 2.00 bits per heavy atom. The third kappa shape index (κ3) is 2.48. The number of nitrogens with zero attached hydrogens (tertiary/aromatic N) is 2. The van der Waals surface area contributed by atoms with Gasteiger partial charge in [0.2, 0.25) is 10.0 Å². The highest BCUT2D eigenvalue weighted by Gasteiger charge is 2.23. The van der Waals surface area contributed by atoms with Gasteiger partial charge >= 0.3 is 0 Å². The Hall–Kier alpha value is -1.21. The summed E-state index contributed by atoms with van der Waals surface area (Å²) >= 11 is 0. The molecule has 0 aromatic carbocycles. The maximum atomic E-state index is 11.9. The molecule has 90 valence electrons. The smallest absolute Gasteiger partial charge is 0.244 e. The number of carbonyl (C=O) groups excluding carboxylic acids is 1. The molecule has 0 radical (unpaired) electrons. The third-order valence-corrected chi connectivity index (χ3v) is 3.88. The average Bonchev–Trinajstić information content (AvgIpc) is 2.38. The summed E-state index contributed by atoms with van der Waals surface area (Å²) in [5.74, 6) is -0.234. The lowest BCUT2D eigenvalue weighted by Crippen LogP contribution is -2.29. The fourth-order valence-corrected chi connectivity index (χ4v) is 2.90. The highest BCUT2D eigenvalue weighted by atomic mass is 32.2. The van der Waals surface area contributed by atoms with Crippen LogP contribution in [0.3, 0.4) is 0 Å². The summed E-state index contributed by atoms with van der Waals surface area (Å²) in [5, 5.41) is 4.02. The number of sulfonamides is 1. The van der Waals surface area contributed by atoms with Crippen LogP contribution in [0.25, 0.3) is 0 Å². The number of aryl methyl sites for hydroxylation is 2. The van der Waals surface area contributed by atoms with Crippen LogP contribution in [0.4, 0.5) is 0 Å². The fourth-order valence-electron chi connectivity index (χ4n) is 1.41. The van der Waals surface area contributed by atoms with Gasteiger partial charge < -0.3 is 0 Å². The summed E-state index contributed by atoms with van der Waals surface area (Å²) in [6.07, 6.45) is 0. The van der Waals surface area contributed by atoms with Crippen LogP contribution in [-0.4, -0.2) is 30.5 Å². The molecule has 1 N–H and O–H groups in total. The number of Topliss-reactive ketones (excluding diaryl/α,β-unsaturated/α-hetero) is 1. The molecule has 0 spiro atoms. The normalized spacial score (nSPS) is 11.8. The van der Waals surface area contributed by atoms with Gasteiger partial charge in [0.15, 0.2) is 0 Å². The van der Waals surface area contributed by atoms with Crippen LogP contribution >= 0.6 is 0 Å². The lowest BCUT2D eigenvalue weighted by atomic mass is 10.4. The quantitative estimate of drug-likeness (QED) is 0.803. The van der Waals surface area contributed by atoms with E-state index in [4.69, 9.17) is 0 Å². The minimum atomic E-state index is -3.65. The lowest BCUT2D eigenvalue weighted by molar-refractivity contribution is -0.115. The third-order valence-electron chi connectivity index (χ3n) is 2.22. The first-order valence-electron chi connectivity index (χ1n) is 4.75. The van der Waals surface area contributed by atoms with Crippen LogP contribution in [0.5, 0.6) is 0 Å². The SMILES string of the molecule is CC(=O)CNS(=O)(=O)c1c(C)nn(C)c1C. The van der Waals surface area contributed by atoms with E-state index in [1.165, 1.54) is 11.6 Å². The van der Waals surface area contributed by atoms with Gasteiger partial charge in [0.05, 0.1) is 17.9 Å². The minimum Gasteiger partial charge on any atom is -0.299 e. The van der Waals surface area contributed by atoms with Crippen molar-refractivity contribution in [3.05, 3.63) is 11.4 Å². The van der Waals surface area contributed by atoms with Gasteiger partial charge in [0.1, 0.15) is 10.7 Å². The van der Waals surface area contributed by atoms with E-state index in [1.54, 1.807) is 20.9 Å². The van der Waals surface area contributed by atoms with E-state index >= 15 is 0 Å². The number of nitrogens with one attached hydrogen (secondary N) is 1. The molecule has 7 heteroatoms. The molecule has 0 aliphatic carbocycles. The van der Waals surface area contributed by atoms with Gasteiger partial charge in [-0.2, -0.15) is 5.10 Å². The second-order valence-corrected chi connectivity index (χ2v) is 5.35. The zero-order valence-corrected chi connectivity index (χ0v) is 10.6. The van der Waals surface area contributed by atoms with E-state index in [9.17, 15) is 13.2 Å². The Kier molecular flexibility index (Phi) is 3.49. The molecule has 0 saturated heterocycles. The van der Waals surface area contributed by atoms with Crippen LogP contribution in [0.1, 0.15) is 18.3 Å². The number of hydrogen-bond acceptors (Lipinski definition) is 4. The van der Waals surface area contributed by atoms with Crippen LogP contribution in [0.15, 0.2) is 4.90 Å². The van der Waals surface area contributed by atoms with E-state index in [2.05, 4.69) is 9.82 Å². The topological polar surface area (TPSA) is 81.1 Å². The summed E-state index contributed by atoms with van der Waals surface area (Å²) in [5.41, 5.74) is 0.976. The second-order valence-electron chi connectivity index (χ2n) is 3.65. The molecule has 0 unspecified atom stereocenters. The van der Waals surface area contributed by atoms with Crippen LogP contribution in [0.2, 0.25) is 0 Å². The van der Waals surface area contributed by atoms with E-state index < -0.39 is 10.0 Å². The Labute approximate surface area is 94.7 Å². The summed E-state index contributed by atoms with van der Waals surface area (Å²) in [6, 6.07) is 0. The van der Waals surface area contributed by atoms with Crippen molar-refractivity contribution in [2.45, 2.75) is 25.7 Å². The van der Waals surface area contributed by atoms with Crippen molar-refractivity contribution in [3.8, 4) is 0 Å². The van der Waals surface area contributed by atoms with Crippen molar-refractivity contribution in [1.82, 2.24) is 14.5 Å². The molecular weight excluding hydrogens is 230 g/mol. The van der Waals surface area contributed by atoms with E-state index in [0.29, 0.717) is 11.4 Å². The second kappa shape index (κ2) is 4.34. The zero-order valence-electron chi connectivity index (χ0n) is 9.73. The summed E-state index contributed by atoms with van der Waals surface area (Å²) in [6.45, 7) is 4.42. The Balaban J connectivity index is 3.12. The Bertz CT molecular complexity index is 516. The minimum absolute atomic E-state index is 0.149. The zero-order chi connectivity index (χ0) is 12.5. The van der Waals surface area contributed by atoms with Gasteiger partial charge in [-0.1, -0.05) is 0 Å². The number of ketones is 1. The van der Waals surface area contributed by atoms with Crippen LogP contribution in [0, 0.1) is 13.8 Å². The van der Waals surface area contributed by atoms with Gasteiger partial charge in [0.25, 0.3) is 0 Å². The number of aromatic nitrogens is 2. The monoisotopic (exact) mass is 245 g/mol. The Morgan fingerprint density at radius 1 is 1.44 bits per heavy atom. The fraction of sp³-hybridized carbons (Fsp3) is 0.556. The van der Waals surface area contributed by atoms with Gasteiger partial charge in [-0.05, 0) is 20.8 Å². The van der Waals surface area contributed by atoms with Crippen LogP contribution < -0.4 is 4.72 Å². The molecule has 0 fully saturated rings. The van der Waals surface area contributed by atoms with Gasteiger partial charge in [-0.15, -0.1) is 0 Å². The van der Waals surface area contributed by atoms with Crippen molar-refractivity contribution in [2.24, 2.45) is 7.05 Å². The number of rotatable bonds is 4. The molecule has 1 aromatic heterocycles. The average molecular weight is 245 g/mol. The van der Waals surface area contributed by atoms with Crippen LogP contribution in [-0.2, 0) is 21.9 Å². The predicted molar refractivity (Wildman–Crippen MR) is 58.6 cm³/mol. The molecule has 0 atom stereocenters. The van der Waals surface area contributed by atoms with Crippen molar-refractivity contribution in [3.63, 3.8) is 0 Å². The maximum absolute atomic E-state index is 11.9. The standard InChI is InChI=1S/C9H15N3O3S/c1-6(13)5-10-16(14,15)9-7(2)11-12(4)8(9)3/h10H,5H2,1-4H3. The number of hydrogen-bond donors (Lipinski definition) is 1. The first-order valence-corrected chi connectivity index (χ1v) is 6.23. The molecule has 0 amide bonds. The maximum Gasteiger partial charge on any atom is 0.244 e. The largest absolute Gasteiger partial charge is 0.299 e. The molecule has 0 saturated carbocycles. The molecule has 1 heterocycles. The van der Waals surface area contributed by atoms with E-state index in [1.807, 2.05) is 0 Å². The molecule has 6 nitrogen and oxygen atoms in total. The van der Waals surface area contributed by atoms with E-state index in [0.717, 1.165) is 0 Å². The van der Waals surface area contributed by atoms with Crippen molar-refractivity contribution >= 4 is 15.8 Å². The molecule has 1 rings (SSSR count). The number of carbonyl (C=O) groups is 1. The van der Waals surface area contributed by atoms with Gasteiger partial charge in [0, 0.05) is 7.05 Å². The molecule has 16 heavy (non-hydrogen) atoms. The van der Waals surface area contributed by atoms with E-state index in [-0.39, 0.29) is 17.2 Å². The summed E-state index contributed by atoms with van der Waals surface area (Å²) in [4.78, 5) is 10.9. The molecule has 0 bridgehead atoms. The van der Waals surface area contributed by atoms with Gasteiger partial charge in [-0.3, -0.25) is 9.48 Å². The lowest BCUT2D eigenvalue weighted by Gasteiger charge is -2.05. The van der Waals surface area contributed by atoms with Crippen molar-refractivity contribution in [1.29, 1.82) is 0 Å². The van der Waals surface area contributed by atoms with Crippen molar-refractivity contribution in [2.75, 3.05) is 6.54 Å². The predicted octanol–water partition coefficient (Wildman–Crippen LogP) is -0.0958. The molecular formula is C9H15N3O3S. The first-order chi connectivity index (χ1) is 7.25. The Morgan fingerprint density at radius 3 is 2.38 bits per heavy atom. The van der Waals surface area contributed by atoms with Gasteiger partial charge in [-0.25, -0.2) is 13.1 Å². The summed E-state index contributed by atoms with van der Waals surface area (Å²) < 4.78 is 27.5. The first kappa shape index (κ1) is 12.9. The summed E-state index contributed by atoms with van der Waals surface area (Å²) in [7, 11) is -1.98. The molecule has 0 aliphatic heterocycles. The molecule has 1 aromatic rings. The van der Waals surface area contributed by atoms with Crippen molar-refractivity contribution < 1.29 is 13.2 Å². The molecule has 0 aliphatic rings. The highest BCUT2D eigenvalue weighted by Crippen LogP contribution is 2.17. The highest BCUT2D eigenvalue weighted by molar-refractivity contribution is 7.89.